The molecule has 2 fully saturated rings. The highest BCUT2D eigenvalue weighted by Crippen LogP contribution is 2.20. The monoisotopic (exact) mass is 344 g/mol. The van der Waals surface area contributed by atoms with Crippen molar-refractivity contribution in [3.05, 3.63) is 24.8 Å². The van der Waals surface area contributed by atoms with Gasteiger partial charge in [0.05, 0.1) is 0 Å². The zero-order valence-electron chi connectivity index (χ0n) is 15.4. The topological polar surface area (TPSA) is 41.5 Å². The van der Waals surface area contributed by atoms with E-state index >= 15 is 0 Å². The first-order valence-corrected chi connectivity index (χ1v) is 9.94. The van der Waals surface area contributed by atoms with E-state index in [2.05, 4.69) is 32.6 Å². The van der Waals surface area contributed by atoms with E-state index in [4.69, 9.17) is 4.74 Å². The summed E-state index contributed by atoms with van der Waals surface area (Å²) in [6.45, 7) is 9.37. The summed E-state index contributed by atoms with van der Waals surface area (Å²) in [6, 6.07) is 4.05. The quantitative estimate of drug-likeness (QED) is 0.673. The Morgan fingerprint density at radius 1 is 1.00 bits per heavy atom. The number of hydrogen-bond donors (Lipinski definition) is 0. The lowest BCUT2D eigenvalue weighted by molar-refractivity contribution is 0.133. The molecule has 25 heavy (non-hydrogen) atoms. The van der Waals surface area contributed by atoms with Crippen molar-refractivity contribution in [3.8, 4) is 5.88 Å². The Morgan fingerprint density at radius 3 is 2.36 bits per heavy atom. The zero-order chi connectivity index (χ0) is 17.3. The van der Waals surface area contributed by atoms with E-state index in [1.807, 2.05) is 12.1 Å². The van der Waals surface area contributed by atoms with Gasteiger partial charge in [-0.2, -0.15) is 0 Å². The van der Waals surface area contributed by atoms with Crippen molar-refractivity contribution >= 4 is 5.82 Å². The minimum atomic E-state index is 0.162. The molecule has 3 heterocycles. The van der Waals surface area contributed by atoms with Gasteiger partial charge in [-0.25, -0.2) is 0 Å². The van der Waals surface area contributed by atoms with Crippen LogP contribution in [0.3, 0.4) is 0 Å². The van der Waals surface area contributed by atoms with Crippen LogP contribution in [0, 0.1) is 0 Å². The molecule has 1 unspecified atom stereocenters. The van der Waals surface area contributed by atoms with E-state index in [1.54, 1.807) is 0 Å². The molecule has 0 bridgehead atoms. The molecular formula is C20H32N4O. The lowest BCUT2D eigenvalue weighted by atomic mass is 10.2. The van der Waals surface area contributed by atoms with Crippen LogP contribution in [-0.4, -0.2) is 53.9 Å². The molecule has 3 rings (SSSR count). The van der Waals surface area contributed by atoms with Crippen molar-refractivity contribution in [2.45, 2.75) is 57.5 Å². The van der Waals surface area contributed by atoms with Crippen molar-refractivity contribution in [1.29, 1.82) is 0 Å². The predicted octanol–water partition coefficient (Wildman–Crippen LogP) is 3.67. The van der Waals surface area contributed by atoms with Crippen LogP contribution in [0.2, 0.25) is 0 Å². The molecule has 1 aromatic rings. The fraction of sp³-hybridized carbons (Fsp3) is 0.700. The molecule has 5 nitrogen and oxygen atoms in total. The van der Waals surface area contributed by atoms with Gasteiger partial charge >= 0.3 is 0 Å². The van der Waals surface area contributed by atoms with Crippen LogP contribution in [0.5, 0.6) is 5.88 Å². The molecule has 138 valence electrons. The number of likely N-dealkylation sites (tertiary alicyclic amines) is 1. The van der Waals surface area contributed by atoms with Gasteiger partial charge < -0.3 is 9.64 Å². The molecule has 2 saturated heterocycles. The van der Waals surface area contributed by atoms with Crippen molar-refractivity contribution in [2.24, 2.45) is 0 Å². The van der Waals surface area contributed by atoms with Crippen LogP contribution < -0.4 is 9.64 Å². The number of ether oxygens (including phenoxy) is 1. The summed E-state index contributed by atoms with van der Waals surface area (Å²) in [5.74, 6) is 1.63. The summed E-state index contributed by atoms with van der Waals surface area (Å²) in [7, 11) is 0. The molecule has 0 aliphatic carbocycles. The molecule has 2 aliphatic rings. The average molecular weight is 345 g/mol. The van der Waals surface area contributed by atoms with E-state index < -0.39 is 0 Å². The Hall–Kier alpha value is -1.62. The highest BCUT2D eigenvalue weighted by Gasteiger charge is 2.19. The molecule has 2 aliphatic heterocycles. The van der Waals surface area contributed by atoms with E-state index in [0.29, 0.717) is 5.88 Å². The van der Waals surface area contributed by atoms with Crippen LogP contribution >= 0.6 is 0 Å². The minimum Gasteiger partial charge on any atom is -0.472 e. The van der Waals surface area contributed by atoms with Crippen LogP contribution in [0.4, 0.5) is 5.82 Å². The van der Waals surface area contributed by atoms with E-state index in [9.17, 15) is 0 Å². The van der Waals surface area contributed by atoms with Gasteiger partial charge in [0.25, 0.3) is 0 Å². The van der Waals surface area contributed by atoms with Gasteiger partial charge in [0, 0.05) is 25.7 Å². The summed E-state index contributed by atoms with van der Waals surface area (Å²) in [5.41, 5.74) is 0. The first-order chi connectivity index (χ1) is 12.3. The minimum absolute atomic E-state index is 0.162. The molecule has 0 N–H and O–H groups in total. The second-order valence-electron chi connectivity index (χ2n) is 7.24. The molecular weight excluding hydrogens is 312 g/mol. The third-order valence-corrected chi connectivity index (χ3v) is 5.20. The second kappa shape index (κ2) is 9.76. The lowest BCUT2D eigenvalue weighted by Crippen LogP contribution is -2.34. The number of aromatic nitrogens is 2. The normalized spacial score (nSPS) is 20.2. The fourth-order valence-electron chi connectivity index (χ4n) is 3.76. The standard InChI is InChI=1S/C20H32N4O/c1-2-3-10-18(17-23-13-8-9-14-23)25-20-12-11-19(21-22-20)24-15-6-4-5-7-16-24/h2,11-12,18H,1,3-10,13-17H2. The summed E-state index contributed by atoms with van der Waals surface area (Å²) in [6.07, 6.45) is 11.8. The predicted molar refractivity (Wildman–Crippen MR) is 102 cm³/mol. The maximum absolute atomic E-state index is 6.16. The fourth-order valence-corrected chi connectivity index (χ4v) is 3.76. The second-order valence-corrected chi connectivity index (χ2v) is 7.24. The number of anilines is 1. The van der Waals surface area contributed by atoms with E-state index in [-0.39, 0.29) is 6.10 Å². The van der Waals surface area contributed by atoms with Crippen molar-refractivity contribution < 1.29 is 4.74 Å². The first kappa shape index (κ1) is 18.2. The maximum atomic E-state index is 6.16. The number of nitrogens with zero attached hydrogens (tertiary/aromatic N) is 4. The van der Waals surface area contributed by atoms with Crippen LogP contribution in [-0.2, 0) is 0 Å². The van der Waals surface area contributed by atoms with Crippen molar-refractivity contribution in [2.75, 3.05) is 37.6 Å². The van der Waals surface area contributed by atoms with Crippen LogP contribution in [0.1, 0.15) is 51.4 Å². The summed E-state index contributed by atoms with van der Waals surface area (Å²) in [4.78, 5) is 4.84. The largest absolute Gasteiger partial charge is 0.472 e. The van der Waals surface area contributed by atoms with Crippen molar-refractivity contribution in [1.82, 2.24) is 15.1 Å². The SMILES string of the molecule is C=CCCC(CN1CCCC1)Oc1ccc(N2CCCCCC2)nn1. The molecule has 0 aromatic carbocycles. The number of rotatable bonds is 8. The number of allylic oxidation sites excluding steroid dienone is 1. The van der Waals surface area contributed by atoms with Crippen LogP contribution in [0.15, 0.2) is 24.8 Å². The Morgan fingerprint density at radius 2 is 1.72 bits per heavy atom. The molecule has 0 spiro atoms. The third-order valence-electron chi connectivity index (χ3n) is 5.20. The van der Waals surface area contributed by atoms with Gasteiger partial charge in [-0.15, -0.1) is 16.8 Å². The molecule has 1 atom stereocenters. The van der Waals surface area contributed by atoms with Gasteiger partial charge in [-0.05, 0) is 57.7 Å². The Labute approximate surface area is 152 Å². The summed E-state index contributed by atoms with van der Waals surface area (Å²) < 4.78 is 6.16. The highest BCUT2D eigenvalue weighted by molar-refractivity contribution is 5.38. The average Bonchev–Trinajstić information content (AvgIpc) is 3.00. The van der Waals surface area contributed by atoms with Crippen molar-refractivity contribution in [3.63, 3.8) is 0 Å². The lowest BCUT2D eigenvalue weighted by Gasteiger charge is -2.24. The molecule has 0 radical (unpaired) electrons. The number of hydrogen-bond acceptors (Lipinski definition) is 5. The van der Waals surface area contributed by atoms with Gasteiger partial charge in [-0.1, -0.05) is 18.9 Å². The van der Waals surface area contributed by atoms with Gasteiger partial charge in [0.15, 0.2) is 5.82 Å². The Balaban J connectivity index is 1.57. The summed E-state index contributed by atoms with van der Waals surface area (Å²) >= 11 is 0. The molecule has 0 amide bonds. The smallest absolute Gasteiger partial charge is 0.233 e. The maximum Gasteiger partial charge on any atom is 0.233 e. The van der Waals surface area contributed by atoms with E-state index in [1.165, 1.54) is 51.6 Å². The Kier molecular flexibility index (Phi) is 7.10. The van der Waals surface area contributed by atoms with E-state index in [0.717, 1.165) is 38.3 Å². The molecule has 5 heteroatoms. The molecule has 0 saturated carbocycles. The third kappa shape index (κ3) is 5.70. The zero-order valence-corrected chi connectivity index (χ0v) is 15.4. The Bertz CT molecular complexity index is 505. The molecule has 1 aromatic heterocycles. The van der Waals surface area contributed by atoms with Gasteiger partial charge in [0.2, 0.25) is 5.88 Å². The van der Waals surface area contributed by atoms with Gasteiger partial charge in [-0.3, -0.25) is 4.90 Å². The first-order valence-electron chi connectivity index (χ1n) is 9.94. The summed E-state index contributed by atoms with van der Waals surface area (Å²) in [5, 5.41) is 8.78. The highest BCUT2D eigenvalue weighted by atomic mass is 16.5. The van der Waals surface area contributed by atoms with Crippen LogP contribution in [0.25, 0.3) is 0 Å². The van der Waals surface area contributed by atoms with Gasteiger partial charge in [0.1, 0.15) is 6.10 Å².